The largest absolute Gasteiger partial charge is 0.487 e. The lowest BCUT2D eigenvalue weighted by Gasteiger charge is -2.14. The van der Waals surface area contributed by atoms with Crippen LogP contribution in [0, 0.1) is 0 Å². The molecule has 0 bridgehead atoms. The Bertz CT molecular complexity index is 1750. The second-order valence-corrected chi connectivity index (χ2v) is 10.1. The van der Waals surface area contributed by atoms with Crippen LogP contribution in [-0.4, -0.2) is 24.2 Å². The predicted octanol–water partition coefficient (Wildman–Crippen LogP) is 7.71. The van der Waals surface area contributed by atoms with Gasteiger partial charge in [-0.1, -0.05) is 66.2 Å². The normalized spacial score (nSPS) is 11.1. The molecule has 0 saturated heterocycles. The summed E-state index contributed by atoms with van der Waals surface area (Å²) in [5.41, 5.74) is 2.18. The molecule has 5 rings (SSSR count). The third-order valence-electron chi connectivity index (χ3n) is 6.16. The number of pyridine rings is 1. The molecule has 0 aliphatic carbocycles. The molecule has 0 N–H and O–H groups in total. The summed E-state index contributed by atoms with van der Waals surface area (Å²) in [6.45, 7) is 4.71. The maximum atomic E-state index is 13.7. The first kappa shape index (κ1) is 27.4. The third kappa shape index (κ3) is 5.87. The minimum Gasteiger partial charge on any atom is -0.487 e. The number of ether oxygens (including phenoxy) is 3. The van der Waals surface area contributed by atoms with E-state index in [1.54, 1.807) is 24.3 Å². The lowest BCUT2D eigenvalue weighted by atomic mass is 10.1. The van der Waals surface area contributed by atoms with E-state index >= 15 is 0 Å². The van der Waals surface area contributed by atoms with E-state index in [-0.39, 0.29) is 46.7 Å². The van der Waals surface area contributed by atoms with Crippen molar-refractivity contribution < 1.29 is 23.4 Å². The monoisotopic (exact) mass is 601 g/mol. The van der Waals surface area contributed by atoms with E-state index in [9.17, 15) is 9.59 Å². The fourth-order valence-electron chi connectivity index (χ4n) is 4.27. The first-order valence-corrected chi connectivity index (χ1v) is 14.0. The molecule has 0 atom stereocenters. The Morgan fingerprint density at radius 1 is 0.925 bits per heavy atom. The number of benzene rings is 3. The van der Waals surface area contributed by atoms with E-state index in [0.717, 1.165) is 16.6 Å². The maximum absolute atomic E-state index is 13.7. The molecule has 0 unspecified atom stereocenters. The first-order valence-electron chi connectivity index (χ1n) is 13.2. The van der Waals surface area contributed by atoms with Gasteiger partial charge >= 0.3 is 5.97 Å². The fraction of sp³-hybridized carbons (Fsp3) is 0.219. The Balaban J connectivity index is 1.54. The molecule has 2 aromatic heterocycles. The summed E-state index contributed by atoms with van der Waals surface area (Å²) in [6, 6.07) is 22.3. The van der Waals surface area contributed by atoms with Crippen molar-refractivity contribution in [2.24, 2.45) is 0 Å². The quantitative estimate of drug-likeness (QED) is 0.151. The molecule has 8 heteroatoms. The van der Waals surface area contributed by atoms with Crippen LogP contribution >= 0.6 is 15.9 Å². The Kier molecular flexibility index (Phi) is 8.45. The highest BCUT2D eigenvalue weighted by Crippen LogP contribution is 2.35. The van der Waals surface area contributed by atoms with Crippen molar-refractivity contribution >= 4 is 43.8 Å². The molecule has 0 radical (unpaired) electrons. The van der Waals surface area contributed by atoms with Gasteiger partial charge in [0, 0.05) is 15.4 Å². The summed E-state index contributed by atoms with van der Waals surface area (Å²) in [5, 5.41) is 1.28. The van der Waals surface area contributed by atoms with Gasteiger partial charge in [0.05, 0.1) is 29.8 Å². The van der Waals surface area contributed by atoms with Gasteiger partial charge in [0.15, 0.2) is 11.3 Å². The van der Waals surface area contributed by atoms with E-state index < -0.39 is 5.97 Å². The number of esters is 1. The maximum Gasteiger partial charge on any atom is 0.342 e. The van der Waals surface area contributed by atoms with Gasteiger partial charge in [-0.05, 0) is 49.2 Å². The zero-order valence-electron chi connectivity index (χ0n) is 22.2. The van der Waals surface area contributed by atoms with E-state index in [2.05, 4.69) is 20.9 Å². The highest BCUT2D eigenvalue weighted by molar-refractivity contribution is 9.10. The number of hydrogen-bond acceptors (Lipinski definition) is 7. The summed E-state index contributed by atoms with van der Waals surface area (Å²) in [5.74, 6) is 0.292. The molecular weight excluding hydrogens is 574 g/mol. The molecule has 5 aromatic rings. The number of halogens is 1. The molecular formula is C32H28BrNO6. The van der Waals surface area contributed by atoms with Gasteiger partial charge in [-0.25, -0.2) is 9.78 Å². The summed E-state index contributed by atoms with van der Waals surface area (Å²) in [4.78, 5) is 31.2. The Morgan fingerprint density at radius 3 is 2.58 bits per heavy atom. The van der Waals surface area contributed by atoms with E-state index in [0.29, 0.717) is 35.2 Å². The average molecular weight is 602 g/mol. The number of para-hydroxylation sites is 1. The SMILES string of the molecule is CCCOC(=O)c1cc(Br)cc2c(=O)c(OCCC)c(-c3cccc(OCc4ccc5ccccc5n4)c3)oc12. The molecule has 0 amide bonds. The van der Waals surface area contributed by atoms with E-state index in [1.807, 2.05) is 62.4 Å². The van der Waals surface area contributed by atoms with E-state index in [4.69, 9.17) is 18.6 Å². The molecule has 204 valence electrons. The highest BCUT2D eigenvalue weighted by atomic mass is 79.9. The summed E-state index contributed by atoms with van der Waals surface area (Å²) < 4.78 is 24.2. The van der Waals surface area contributed by atoms with Gasteiger partial charge in [-0.3, -0.25) is 4.79 Å². The summed E-state index contributed by atoms with van der Waals surface area (Å²) in [7, 11) is 0. The fourth-order valence-corrected chi connectivity index (χ4v) is 4.73. The van der Waals surface area contributed by atoms with Crippen molar-refractivity contribution in [1.29, 1.82) is 0 Å². The van der Waals surface area contributed by atoms with Gasteiger partial charge < -0.3 is 18.6 Å². The van der Waals surface area contributed by atoms with Gasteiger partial charge in [0.25, 0.3) is 0 Å². The topological polar surface area (TPSA) is 87.9 Å². The Morgan fingerprint density at radius 2 is 1.75 bits per heavy atom. The lowest BCUT2D eigenvalue weighted by Crippen LogP contribution is -2.13. The second-order valence-electron chi connectivity index (χ2n) is 9.22. The molecule has 0 aliphatic heterocycles. The molecule has 0 aliphatic rings. The van der Waals surface area contributed by atoms with Crippen molar-refractivity contribution in [1.82, 2.24) is 4.98 Å². The van der Waals surface area contributed by atoms with Crippen molar-refractivity contribution in [3.05, 3.63) is 98.7 Å². The van der Waals surface area contributed by atoms with Crippen molar-refractivity contribution in [2.45, 2.75) is 33.3 Å². The van der Waals surface area contributed by atoms with Crippen molar-refractivity contribution in [3.8, 4) is 22.8 Å². The van der Waals surface area contributed by atoms with Crippen LogP contribution in [0.5, 0.6) is 11.5 Å². The van der Waals surface area contributed by atoms with Crippen LogP contribution in [0.4, 0.5) is 0 Å². The zero-order valence-corrected chi connectivity index (χ0v) is 23.8. The number of aromatic nitrogens is 1. The number of carbonyl (C=O) groups is 1. The summed E-state index contributed by atoms with van der Waals surface area (Å²) >= 11 is 3.40. The average Bonchev–Trinajstić information content (AvgIpc) is 2.98. The van der Waals surface area contributed by atoms with Gasteiger partial charge in [0.2, 0.25) is 11.2 Å². The molecule has 3 aromatic carbocycles. The van der Waals surface area contributed by atoms with Gasteiger partial charge in [-0.2, -0.15) is 0 Å². The van der Waals surface area contributed by atoms with Crippen LogP contribution < -0.4 is 14.9 Å². The number of rotatable bonds is 10. The van der Waals surface area contributed by atoms with Crippen molar-refractivity contribution in [2.75, 3.05) is 13.2 Å². The minimum atomic E-state index is -0.565. The Labute approximate surface area is 239 Å². The lowest BCUT2D eigenvalue weighted by molar-refractivity contribution is 0.0506. The standard InChI is InChI=1S/C32H28BrNO6/c1-3-14-37-31-28(35)25-17-22(33)18-26(32(36)38-15-4-2)30(25)40-29(31)21-9-7-10-24(16-21)39-19-23-13-12-20-8-5-6-11-27(20)34-23/h5-13,16-18H,3-4,14-15,19H2,1-2H3. The molecule has 0 spiro atoms. The van der Waals surface area contributed by atoms with Crippen LogP contribution in [0.25, 0.3) is 33.2 Å². The van der Waals surface area contributed by atoms with Crippen molar-refractivity contribution in [3.63, 3.8) is 0 Å². The van der Waals surface area contributed by atoms with Gasteiger partial charge in [-0.15, -0.1) is 0 Å². The smallest absolute Gasteiger partial charge is 0.342 e. The molecule has 0 saturated carbocycles. The molecule has 7 nitrogen and oxygen atoms in total. The number of hydrogen-bond donors (Lipinski definition) is 0. The second kappa shape index (κ2) is 12.3. The van der Waals surface area contributed by atoms with E-state index in [1.165, 1.54) is 0 Å². The Hall–Kier alpha value is -4.17. The summed E-state index contributed by atoms with van der Waals surface area (Å²) in [6.07, 6.45) is 1.37. The van der Waals surface area contributed by atoms with Crippen LogP contribution in [0.1, 0.15) is 42.7 Å². The van der Waals surface area contributed by atoms with Crippen LogP contribution in [0.15, 0.2) is 86.5 Å². The number of nitrogens with zero attached hydrogens (tertiary/aromatic N) is 1. The predicted molar refractivity (Wildman–Crippen MR) is 158 cm³/mol. The molecule has 40 heavy (non-hydrogen) atoms. The zero-order chi connectivity index (χ0) is 28.1. The highest BCUT2D eigenvalue weighted by Gasteiger charge is 2.23. The van der Waals surface area contributed by atoms with Crippen LogP contribution in [0.2, 0.25) is 0 Å². The first-order chi connectivity index (χ1) is 19.5. The third-order valence-corrected chi connectivity index (χ3v) is 6.62. The molecule has 2 heterocycles. The number of fused-ring (bicyclic) bond motifs is 2. The van der Waals surface area contributed by atoms with Gasteiger partial charge in [0.1, 0.15) is 17.9 Å². The number of carbonyl (C=O) groups excluding carboxylic acids is 1. The minimum absolute atomic E-state index is 0.0775. The van der Waals surface area contributed by atoms with Crippen LogP contribution in [0.3, 0.4) is 0 Å². The van der Waals surface area contributed by atoms with Crippen LogP contribution in [-0.2, 0) is 11.3 Å². The molecule has 0 fully saturated rings.